The second-order valence-corrected chi connectivity index (χ2v) is 2.19. The lowest BCUT2D eigenvalue weighted by Crippen LogP contribution is -2.24. The van der Waals surface area contributed by atoms with Crippen molar-refractivity contribution in [2.75, 3.05) is 0 Å². The molecule has 80 valence electrons. The third kappa shape index (κ3) is 5.75. The van der Waals surface area contributed by atoms with Crippen molar-refractivity contribution in [3.8, 4) is 6.07 Å². The van der Waals surface area contributed by atoms with Gasteiger partial charge in [-0.25, -0.2) is 9.59 Å². The van der Waals surface area contributed by atoms with Gasteiger partial charge in [0.05, 0.1) is 0 Å². The van der Waals surface area contributed by atoms with Crippen LogP contribution in [0.15, 0.2) is 10.3 Å². The Bertz CT molecular complexity index is 366. The fraction of sp³-hybridized carbons (Fsp3) is 0.286. The van der Waals surface area contributed by atoms with Gasteiger partial charge in [-0.1, -0.05) is 10.3 Å². The van der Waals surface area contributed by atoms with Crippen LogP contribution in [0.3, 0.4) is 0 Å². The molecule has 0 atom stereocenters. The summed E-state index contributed by atoms with van der Waals surface area (Å²) in [5.41, 5.74) is 4.72. The van der Waals surface area contributed by atoms with E-state index in [0.717, 1.165) is 13.8 Å². The van der Waals surface area contributed by atoms with Crippen molar-refractivity contribution in [1.29, 1.82) is 5.26 Å². The molecule has 0 aromatic carbocycles. The van der Waals surface area contributed by atoms with E-state index >= 15 is 0 Å². The van der Waals surface area contributed by atoms with Crippen molar-refractivity contribution in [3.05, 3.63) is 0 Å². The van der Waals surface area contributed by atoms with Crippen LogP contribution >= 0.6 is 0 Å². The van der Waals surface area contributed by atoms with Crippen molar-refractivity contribution < 1.29 is 19.3 Å². The van der Waals surface area contributed by atoms with Gasteiger partial charge in [0.2, 0.25) is 11.5 Å². The van der Waals surface area contributed by atoms with Gasteiger partial charge >= 0.3 is 11.9 Å². The molecular weight excluding hydrogens is 204 g/mol. The van der Waals surface area contributed by atoms with Crippen LogP contribution in [0, 0.1) is 11.3 Å². The van der Waals surface area contributed by atoms with E-state index in [4.69, 9.17) is 11.0 Å². The van der Waals surface area contributed by atoms with E-state index in [-0.39, 0.29) is 0 Å². The molecule has 0 aliphatic heterocycles. The van der Waals surface area contributed by atoms with E-state index in [2.05, 4.69) is 20.0 Å². The van der Waals surface area contributed by atoms with Gasteiger partial charge in [0, 0.05) is 13.8 Å². The Morgan fingerprint density at radius 3 is 2.07 bits per heavy atom. The summed E-state index contributed by atoms with van der Waals surface area (Å²) in [5, 5.41) is 14.7. The standard InChI is InChI=1S/C7H8N4O4/c1-4(12)14-10-6(3-8)7(9)11-15-5(2)13/h1-2H3,(H2,9,11)/b10-6+. The van der Waals surface area contributed by atoms with Gasteiger partial charge in [-0.15, -0.1) is 0 Å². The zero-order valence-corrected chi connectivity index (χ0v) is 8.05. The smallest absolute Gasteiger partial charge is 0.332 e. The first-order chi connectivity index (χ1) is 6.97. The molecular formula is C7H8N4O4. The molecule has 0 aromatic heterocycles. The van der Waals surface area contributed by atoms with Gasteiger partial charge in [0.1, 0.15) is 6.07 Å². The molecule has 0 rings (SSSR count). The number of hydrogen-bond donors (Lipinski definition) is 1. The Morgan fingerprint density at radius 1 is 1.20 bits per heavy atom. The molecule has 0 saturated heterocycles. The van der Waals surface area contributed by atoms with Gasteiger partial charge in [0.15, 0.2) is 0 Å². The maximum absolute atomic E-state index is 10.3. The average molecular weight is 212 g/mol. The number of nitrogens with two attached hydrogens (primary N) is 1. The minimum Gasteiger partial charge on any atom is -0.378 e. The normalized spacial score (nSPS) is 11.5. The second-order valence-electron chi connectivity index (χ2n) is 2.19. The van der Waals surface area contributed by atoms with Crippen molar-refractivity contribution in [2.24, 2.45) is 16.0 Å². The summed E-state index contributed by atoms with van der Waals surface area (Å²) in [4.78, 5) is 29.0. The lowest BCUT2D eigenvalue weighted by molar-refractivity contribution is -0.142. The van der Waals surface area contributed by atoms with Crippen LogP contribution in [-0.4, -0.2) is 23.5 Å². The Hall–Kier alpha value is -2.43. The van der Waals surface area contributed by atoms with Crippen molar-refractivity contribution in [1.82, 2.24) is 0 Å². The van der Waals surface area contributed by atoms with E-state index < -0.39 is 23.5 Å². The largest absolute Gasteiger partial charge is 0.378 e. The molecule has 0 aromatic rings. The number of carbonyl (C=O) groups excluding carboxylic acids is 2. The average Bonchev–Trinajstić information content (AvgIpc) is 2.15. The Kier molecular flexibility index (Phi) is 5.10. The maximum Gasteiger partial charge on any atom is 0.332 e. The number of amidine groups is 1. The number of carbonyl (C=O) groups is 2. The van der Waals surface area contributed by atoms with Crippen LogP contribution < -0.4 is 5.73 Å². The Labute approximate surface area is 84.9 Å². The first kappa shape index (κ1) is 12.6. The van der Waals surface area contributed by atoms with Gasteiger partial charge in [0.25, 0.3) is 0 Å². The monoisotopic (exact) mass is 212 g/mol. The minimum absolute atomic E-state index is 0.464. The molecule has 0 spiro atoms. The quantitative estimate of drug-likeness (QED) is 0.284. The lowest BCUT2D eigenvalue weighted by atomic mass is 10.4. The molecule has 0 fully saturated rings. The summed E-state index contributed by atoms with van der Waals surface area (Å²) in [7, 11) is 0. The predicted octanol–water partition coefficient (Wildman–Crippen LogP) is -0.736. The van der Waals surface area contributed by atoms with Crippen LogP contribution in [0.5, 0.6) is 0 Å². The van der Waals surface area contributed by atoms with E-state index in [0.29, 0.717) is 0 Å². The number of rotatable bonds is 3. The molecule has 8 nitrogen and oxygen atoms in total. The van der Waals surface area contributed by atoms with Gasteiger partial charge in [-0.3, -0.25) is 0 Å². The first-order valence-corrected chi connectivity index (χ1v) is 3.64. The summed E-state index contributed by atoms with van der Waals surface area (Å²) in [6.07, 6.45) is 0. The molecule has 0 bridgehead atoms. The fourth-order valence-corrected chi connectivity index (χ4v) is 0.391. The molecule has 0 aliphatic rings. The summed E-state index contributed by atoms with van der Waals surface area (Å²) >= 11 is 0. The third-order valence-corrected chi connectivity index (χ3v) is 0.887. The zero-order valence-electron chi connectivity index (χ0n) is 8.05. The first-order valence-electron chi connectivity index (χ1n) is 3.64. The highest BCUT2D eigenvalue weighted by atomic mass is 16.7. The highest BCUT2D eigenvalue weighted by Crippen LogP contribution is 1.85. The maximum atomic E-state index is 10.3. The van der Waals surface area contributed by atoms with Crippen LogP contribution in [0.2, 0.25) is 0 Å². The highest BCUT2D eigenvalue weighted by Gasteiger charge is 2.07. The van der Waals surface area contributed by atoms with Crippen LogP contribution in [0.4, 0.5) is 0 Å². The van der Waals surface area contributed by atoms with Gasteiger partial charge < -0.3 is 15.4 Å². The van der Waals surface area contributed by atoms with Gasteiger partial charge in [-0.05, 0) is 0 Å². The van der Waals surface area contributed by atoms with Crippen molar-refractivity contribution in [3.63, 3.8) is 0 Å². The summed E-state index contributed by atoms with van der Waals surface area (Å²) in [5.74, 6) is -1.89. The van der Waals surface area contributed by atoms with Crippen molar-refractivity contribution >= 4 is 23.5 Å². The highest BCUT2D eigenvalue weighted by molar-refractivity contribution is 6.46. The molecule has 15 heavy (non-hydrogen) atoms. The van der Waals surface area contributed by atoms with Crippen LogP contribution in [-0.2, 0) is 19.3 Å². The van der Waals surface area contributed by atoms with Crippen LogP contribution in [0.1, 0.15) is 13.8 Å². The molecule has 0 amide bonds. The SMILES string of the molecule is CC(=O)O/N=C(N)/C(C#N)=N/OC(C)=O. The fourth-order valence-electron chi connectivity index (χ4n) is 0.391. The lowest BCUT2D eigenvalue weighted by Gasteiger charge is -1.95. The molecule has 0 heterocycles. The summed E-state index contributed by atoms with van der Waals surface area (Å²) in [6, 6.07) is 1.51. The van der Waals surface area contributed by atoms with E-state index in [1.165, 1.54) is 6.07 Å². The molecule has 2 N–H and O–H groups in total. The molecule has 0 unspecified atom stereocenters. The number of nitrogens with zero attached hydrogens (tertiary/aromatic N) is 3. The summed E-state index contributed by atoms with van der Waals surface area (Å²) < 4.78 is 0. The Balaban J connectivity index is 4.61. The Morgan fingerprint density at radius 2 is 1.67 bits per heavy atom. The van der Waals surface area contributed by atoms with E-state index in [1.54, 1.807) is 0 Å². The zero-order chi connectivity index (χ0) is 11.8. The molecule has 0 radical (unpaired) electrons. The topological polar surface area (TPSA) is 127 Å². The predicted molar refractivity (Wildman–Crippen MR) is 48.2 cm³/mol. The molecule has 8 heteroatoms. The van der Waals surface area contributed by atoms with Crippen molar-refractivity contribution in [2.45, 2.75) is 13.8 Å². The number of hydrogen-bond acceptors (Lipinski definition) is 7. The van der Waals surface area contributed by atoms with Gasteiger partial charge in [-0.2, -0.15) is 5.26 Å². The van der Waals surface area contributed by atoms with Crippen LogP contribution in [0.25, 0.3) is 0 Å². The van der Waals surface area contributed by atoms with E-state index in [9.17, 15) is 9.59 Å². The third-order valence-electron chi connectivity index (χ3n) is 0.887. The number of nitriles is 1. The number of oxime groups is 2. The second kappa shape index (κ2) is 6.09. The molecule has 0 aliphatic carbocycles. The minimum atomic E-state index is -0.719. The molecule has 0 saturated carbocycles. The summed E-state index contributed by atoms with van der Waals surface area (Å²) in [6.45, 7) is 2.20. The van der Waals surface area contributed by atoms with E-state index in [1.807, 2.05) is 0 Å².